The zero-order valence-electron chi connectivity index (χ0n) is 17.9. The third-order valence-corrected chi connectivity index (χ3v) is 5.37. The number of methoxy groups -OCH3 is 1. The molecule has 0 atom stereocenters. The number of benzene rings is 2. The van der Waals surface area contributed by atoms with Crippen LogP contribution in [0.3, 0.4) is 0 Å². The monoisotopic (exact) mass is 420 g/mol. The molecule has 1 aromatic heterocycles. The van der Waals surface area contributed by atoms with Crippen molar-refractivity contribution in [3.63, 3.8) is 0 Å². The maximum Gasteiger partial charge on any atom is 0.221 e. The van der Waals surface area contributed by atoms with Gasteiger partial charge in [0.25, 0.3) is 0 Å². The number of anilines is 2. The van der Waals surface area contributed by atoms with E-state index < -0.39 is 5.91 Å². The Morgan fingerprint density at radius 2 is 2.03 bits per heavy atom. The van der Waals surface area contributed by atoms with E-state index in [1.54, 1.807) is 13.3 Å². The van der Waals surface area contributed by atoms with Crippen LogP contribution < -0.4 is 25.8 Å². The zero-order valence-corrected chi connectivity index (χ0v) is 17.9. The molecule has 0 unspecified atom stereocenters. The van der Waals surface area contributed by atoms with Crippen molar-refractivity contribution in [2.45, 2.75) is 32.2 Å². The van der Waals surface area contributed by atoms with E-state index in [9.17, 15) is 4.79 Å². The predicted octanol–water partition coefficient (Wildman–Crippen LogP) is 3.45. The van der Waals surface area contributed by atoms with Crippen LogP contribution in [0.2, 0.25) is 0 Å². The molecule has 1 aliphatic carbocycles. The minimum Gasteiger partial charge on any atom is -0.493 e. The second-order valence-electron chi connectivity index (χ2n) is 7.84. The van der Waals surface area contributed by atoms with E-state index in [-0.39, 0.29) is 6.42 Å². The number of nitrogens with one attached hydrogen (secondary N) is 2. The number of nitrogens with zero attached hydrogens (tertiary/aromatic N) is 1. The lowest BCUT2D eigenvalue weighted by Gasteiger charge is -2.18. The standard InChI is InChI=1S/C24H28N4O3/c1-15-5-3-4-6-19(15)28-24-16(11-23(25)29)14-27-20-13-21(30-2)22(12-18(20)24)31-10-9-26-17-7-8-17/h3-6,12-14,17,26H,7-11H2,1-2H3,(H2,25,29)(H,27,28). The van der Waals surface area contributed by atoms with Crippen molar-refractivity contribution in [1.82, 2.24) is 10.3 Å². The summed E-state index contributed by atoms with van der Waals surface area (Å²) < 4.78 is 11.6. The van der Waals surface area contributed by atoms with Gasteiger partial charge in [-0.3, -0.25) is 9.78 Å². The fourth-order valence-electron chi connectivity index (χ4n) is 3.54. The fourth-order valence-corrected chi connectivity index (χ4v) is 3.54. The van der Waals surface area contributed by atoms with Gasteiger partial charge in [0.2, 0.25) is 5.91 Å². The SMILES string of the molecule is COc1cc2ncc(CC(N)=O)c(Nc3ccccc3C)c2cc1OCCNC1CC1. The molecule has 1 fully saturated rings. The Kier molecular flexibility index (Phi) is 6.23. The molecule has 1 aliphatic rings. The maximum absolute atomic E-state index is 11.7. The summed E-state index contributed by atoms with van der Waals surface area (Å²) in [5, 5.41) is 7.77. The number of aryl methyl sites for hydroxylation is 1. The average molecular weight is 421 g/mol. The first-order valence-corrected chi connectivity index (χ1v) is 10.5. The van der Waals surface area contributed by atoms with Crippen LogP contribution in [-0.4, -0.2) is 37.2 Å². The summed E-state index contributed by atoms with van der Waals surface area (Å²) >= 11 is 0. The smallest absolute Gasteiger partial charge is 0.221 e. The van der Waals surface area contributed by atoms with Gasteiger partial charge in [0.15, 0.2) is 11.5 Å². The number of aromatic nitrogens is 1. The quantitative estimate of drug-likeness (QED) is 0.435. The topological polar surface area (TPSA) is 98.5 Å². The van der Waals surface area contributed by atoms with Gasteiger partial charge in [-0.15, -0.1) is 0 Å². The molecule has 162 valence electrons. The van der Waals surface area contributed by atoms with E-state index in [0.29, 0.717) is 24.1 Å². The largest absolute Gasteiger partial charge is 0.493 e. The van der Waals surface area contributed by atoms with Gasteiger partial charge < -0.3 is 25.8 Å². The molecule has 2 aromatic carbocycles. The molecular formula is C24H28N4O3. The summed E-state index contributed by atoms with van der Waals surface area (Å²) in [6, 6.07) is 12.4. The Morgan fingerprint density at radius 3 is 2.74 bits per heavy atom. The number of hydrogen-bond acceptors (Lipinski definition) is 6. The van der Waals surface area contributed by atoms with E-state index in [0.717, 1.165) is 39.9 Å². The van der Waals surface area contributed by atoms with Crippen molar-refractivity contribution in [1.29, 1.82) is 0 Å². The molecule has 3 aromatic rings. The first-order valence-electron chi connectivity index (χ1n) is 10.5. The number of primary amides is 1. The van der Waals surface area contributed by atoms with Gasteiger partial charge in [-0.25, -0.2) is 0 Å². The zero-order chi connectivity index (χ0) is 21.8. The Labute approximate surface area is 181 Å². The van der Waals surface area contributed by atoms with E-state index in [1.807, 2.05) is 43.3 Å². The first kappa shape index (κ1) is 20.9. The van der Waals surface area contributed by atoms with Gasteiger partial charge in [0.1, 0.15) is 6.61 Å². The van der Waals surface area contributed by atoms with Crippen LogP contribution in [0.25, 0.3) is 10.9 Å². The second kappa shape index (κ2) is 9.22. The predicted molar refractivity (Wildman–Crippen MR) is 122 cm³/mol. The lowest BCUT2D eigenvalue weighted by Crippen LogP contribution is -2.22. The molecule has 0 radical (unpaired) electrons. The van der Waals surface area contributed by atoms with Gasteiger partial charge in [-0.1, -0.05) is 18.2 Å². The van der Waals surface area contributed by atoms with E-state index >= 15 is 0 Å². The molecule has 0 aliphatic heterocycles. The van der Waals surface area contributed by atoms with Crippen LogP contribution in [0.15, 0.2) is 42.6 Å². The molecule has 31 heavy (non-hydrogen) atoms. The average Bonchev–Trinajstić information content (AvgIpc) is 3.58. The van der Waals surface area contributed by atoms with Crippen molar-refractivity contribution in [3.05, 3.63) is 53.7 Å². The molecule has 1 saturated carbocycles. The number of ether oxygens (including phenoxy) is 2. The van der Waals surface area contributed by atoms with Crippen LogP contribution in [0.5, 0.6) is 11.5 Å². The van der Waals surface area contributed by atoms with Crippen molar-refractivity contribution >= 4 is 28.2 Å². The minimum atomic E-state index is -0.412. The van der Waals surface area contributed by atoms with E-state index in [1.165, 1.54) is 12.8 Å². The lowest BCUT2D eigenvalue weighted by molar-refractivity contribution is -0.117. The normalized spacial score (nSPS) is 13.2. The number of pyridine rings is 1. The fraction of sp³-hybridized carbons (Fsp3) is 0.333. The summed E-state index contributed by atoms with van der Waals surface area (Å²) in [7, 11) is 1.62. The van der Waals surface area contributed by atoms with E-state index in [2.05, 4.69) is 15.6 Å². The Morgan fingerprint density at radius 1 is 1.23 bits per heavy atom. The molecule has 1 heterocycles. The van der Waals surface area contributed by atoms with Crippen LogP contribution in [0.4, 0.5) is 11.4 Å². The van der Waals surface area contributed by atoms with Crippen LogP contribution in [0.1, 0.15) is 24.0 Å². The molecule has 1 amide bonds. The molecular weight excluding hydrogens is 392 g/mol. The number of amides is 1. The maximum atomic E-state index is 11.7. The van der Waals surface area contributed by atoms with Gasteiger partial charge in [-0.2, -0.15) is 0 Å². The third-order valence-electron chi connectivity index (χ3n) is 5.37. The number of nitrogens with two attached hydrogens (primary N) is 1. The number of hydrogen-bond donors (Lipinski definition) is 3. The molecule has 0 spiro atoms. The van der Waals surface area contributed by atoms with Crippen LogP contribution in [0, 0.1) is 6.92 Å². The number of rotatable bonds is 10. The third kappa shape index (κ3) is 5.06. The van der Waals surface area contributed by atoms with Gasteiger partial charge in [0.05, 0.1) is 24.7 Å². The summed E-state index contributed by atoms with van der Waals surface area (Å²) in [5.74, 6) is 0.847. The van der Waals surface area contributed by atoms with Gasteiger partial charge in [0, 0.05) is 41.5 Å². The second-order valence-corrected chi connectivity index (χ2v) is 7.84. The molecule has 0 saturated heterocycles. The minimum absolute atomic E-state index is 0.0880. The number of carbonyl (C=O) groups excluding carboxylic acids is 1. The highest BCUT2D eigenvalue weighted by Gasteiger charge is 2.20. The molecule has 7 heteroatoms. The Bertz CT molecular complexity index is 1100. The van der Waals surface area contributed by atoms with Crippen molar-refractivity contribution in [3.8, 4) is 11.5 Å². The Hall–Kier alpha value is -3.32. The molecule has 4 rings (SSSR count). The summed E-state index contributed by atoms with van der Waals surface area (Å²) in [6.07, 6.45) is 4.25. The lowest BCUT2D eigenvalue weighted by atomic mass is 10.0. The van der Waals surface area contributed by atoms with Crippen molar-refractivity contribution in [2.75, 3.05) is 25.6 Å². The number of fused-ring (bicyclic) bond motifs is 1. The van der Waals surface area contributed by atoms with Crippen molar-refractivity contribution < 1.29 is 14.3 Å². The number of para-hydroxylation sites is 1. The summed E-state index contributed by atoms with van der Waals surface area (Å²) in [5.41, 5.74) is 9.81. The highest BCUT2D eigenvalue weighted by Crippen LogP contribution is 2.37. The van der Waals surface area contributed by atoms with Crippen molar-refractivity contribution in [2.24, 2.45) is 5.73 Å². The Balaban J connectivity index is 1.73. The summed E-state index contributed by atoms with van der Waals surface area (Å²) in [4.78, 5) is 16.2. The number of carbonyl (C=O) groups is 1. The van der Waals surface area contributed by atoms with Crippen LogP contribution in [-0.2, 0) is 11.2 Å². The van der Waals surface area contributed by atoms with E-state index in [4.69, 9.17) is 15.2 Å². The molecule has 0 bridgehead atoms. The first-order chi connectivity index (χ1) is 15.0. The molecule has 7 nitrogen and oxygen atoms in total. The van der Waals surface area contributed by atoms with Gasteiger partial charge >= 0.3 is 0 Å². The molecule has 4 N–H and O–H groups in total. The van der Waals surface area contributed by atoms with Crippen LogP contribution >= 0.6 is 0 Å². The highest BCUT2D eigenvalue weighted by atomic mass is 16.5. The summed E-state index contributed by atoms with van der Waals surface area (Å²) in [6.45, 7) is 3.34. The van der Waals surface area contributed by atoms with Gasteiger partial charge in [-0.05, 0) is 37.5 Å². The highest BCUT2D eigenvalue weighted by molar-refractivity contribution is 5.98.